The van der Waals surface area contributed by atoms with E-state index in [4.69, 9.17) is 4.74 Å². The standard InChI is InChI=1S/C16H16O2/c17-13-9-10-5-1-2-6-11(10)15-12-7-3-4-8-14(12)18-16(13)15/h1-2,5-6,9,12,14,17H,3-4,7-8H2. The van der Waals surface area contributed by atoms with Gasteiger partial charge in [0.15, 0.2) is 11.5 Å². The molecule has 1 saturated carbocycles. The average molecular weight is 240 g/mol. The van der Waals surface area contributed by atoms with Crippen molar-refractivity contribution >= 4 is 10.8 Å². The van der Waals surface area contributed by atoms with Crippen molar-refractivity contribution in [3.05, 3.63) is 35.9 Å². The first kappa shape index (κ1) is 10.2. The Hall–Kier alpha value is -1.70. The Kier molecular flexibility index (Phi) is 2.07. The molecule has 0 spiro atoms. The van der Waals surface area contributed by atoms with Crippen LogP contribution in [0.1, 0.15) is 37.2 Å². The zero-order valence-corrected chi connectivity index (χ0v) is 10.2. The maximum atomic E-state index is 10.2. The molecule has 2 nitrogen and oxygen atoms in total. The summed E-state index contributed by atoms with van der Waals surface area (Å²) in [6.07, 6.45) is 5.10. The summed E-state index contributed by atoms with van der Waals surface area (Å²) in [6.45, 7) is 0. The molecule has 0 radical (unpaired) electrons. The van der Waals surface area contributed by atoms with E-state index in [0.717, 1.165) is 17.6 Å². The van der Waals surface area contributed by atoms with E-state index in [9.17, 15) is 5.11 Å². The lowest BCUT2D eigenvalue weighted by atomic mass is 9.81. The fourth-order valence-corrected chi connectivity index (χ4v) is 3.55. The summed E-state index contributed by atoms with van der Waals surface area (Å²) in [5.41, 5.74) is 1.25. The third kappa shape index (κ3) is 1.29. The summed E-state index contributed by atoms with van der Waals surface area (Å²) >= 11 is 0. The molecule has 0 aromatic heterocycles. The van der Waals surface area contributed by atoms with Crippen molar-refractivity contribution in [3.63, 3.8) is 0 Å². The molecule has 0 bridgehead atoms. The number of rotatable bonds is 0. The molecule has 2 aromatic rings. The largest absolute Gasteiger partial charge is 0.504 e. The van der Waals surface area contributed by atoms with E-state index in [-0.39, 0.29) is 6.10 Å². The normalized spacial score (nSPS) is 25.6. The highest BCUT2D eigenvalue weighted by Gasteiger charge is 2.38. The maximum Gasteiger partial charge on any atom is 0.165 e. The highest BCUT2D eigenvalue weighted by molar-refractivity contribution is 5.91. The lowest BCUT2D eigenvalue weighted by Gasteiger charge is -2.24. The van der Waals surface area contributed by atoms with Gasteiger partial charge in [-0.3, -0.25) is 0 Å². The van der Waals surface area contributed by atoms with Crippen LogP contribution < -0.4 is 4.74 Å². The summed E-state index contributed by atoms with van der Waals surface area (Å²) in [5.74, 6) is 1.52. The van der Waals surface area contributed by atoms with Gasteiger partial charge in [0.05, 0.1) is 0 Å². The van der Waals surface area contributed by atoms with Crippen molar-refractivity contribution < 1.29 is 9.84 Å². The van der Waals surface area contributed by atoms with E-state index in [1.165, 1.54) is 30.2 Å². The van der Waals surface area contributed by atoms with Gasteiger partial charge in [-0.25, -0.2) is 0 Å². The van der Waals surface area contributed by atoms with Gasteiger partial charge in [-0.1, -0.05) is 30.7 Å². The molecule has 1 heterocycles. The highest BCUT2D eigenvalue weighted by atomic mass is 16.5. The first-order valence-corrected chi connectivity index (χ1v) is 6.76. The minimum atomic E-state index is 0.283. The van der Waals surface area contributed by atoms with Gasteiger partial charge in [0.2, 0.25) is 0 Å². The van der Waals surface area contributed by atoms with Crippen molar-refractivity contribution in [2.75, 3.05) is 0 Å². The van der Waals surface area contributed by atoms with E-state index < -0.39 is 0 Å². The molecule has 2 atom stereocenters. The van der Waals surface area contributed by atoms with Crippen molar-refractivity contribution in [1.29, 1.82) is 0 Å². The summed E-state index contributed by atoms with van der Waals surface area (Å²) in [7, 11) is 0. The molecule has 1 N–H and O–H groups in total. The molecule has 2 aromatic carbocycles. The predicted octanol–water partition coefficient (Wildman–Crippen LogP) is 3.96. The van der Waals surface area contributed by atoms with Crippen LogP contribution in [-0.2, 0) is 0 Å². The minimum Gasteiger partial charge on any atom is -0.504 e. The molecular weight excluding hydrogens is 224 g/mol. The Bertz CT molecular complexity index is 618. The molecule has 0 amide bonds. The topological polar surface area (TPSA) is 29.5 Å². The number of hydrogen-bond acceptors (Lipinski definition) is 2. The molecular formula is C16H16O2. The van der Waals surface area contributed by atoms with Crippen LogP contribution in [0.4, 0.5) is 0 Å². The second kappa shape index (κ2) is 3.64. The van der Waals surface area contributed by atoms with Gasteiger partial charge in [0.25, 0.3) is 0 Å². The number of fused-ring (bicyclic) bond motifs is 5. The molecule has 2 heteroatoms. The van der Waals surface area contributed by atoms with Gasteiger partial charge in [0, 0.05) is 11.5 Å². The summed E-state index contributed by atoms with van der Waals surface area (Å²) < 4.78 is 6.00. The van der Waals surface area contributed by atoms with Gasteiger partial charge in [0.1, 0.15) is 6.10 Å². The smallest absolute Gasteiger partial charge is 0.165 e. The van der Waals surface area contributed by atoms with Gasteiger partial charge in [-0.05, 0) is 36.1 Å². The molecule has 4 rings (SSSR count). The Labute approximate surface area is 106 Å². The van der Waals surface area contributed by atoms with Crippen LogP contribution in [0.25, 0.3) is 10.8 Å². The SMILES string of the molecule is Oc1cc2ccccc2c2c1OC1CCCCC21. The minimum absolute atomic E-state index is 0.283. The number of hydrogen-bond donors (Lipinski definition) is 1. The van der Waals surface area contributed by atoms with Crippen molar-refractivity contribution in [2.45, 2.75) is 37.7 Å². The number of ether oxygens (including phenoxy) is 1. The number of aromatic hydroxyl groups is 1. The highest BCUT2D eigenvalue weighted by Crippen LogP contribution is 2.52. The van der Waals surface area contributed by atoms with Gasteiger partial charge < -0.3 is 9.84 Å². The summed E-state index contributed by atoms with van der Waals surface area (Å²) in [4.78, 5) is 0. The predicted molar refractivity (Wildman–Crippen MR) is 71.2 cm³/mol. The third-order valence-corrected chi connectivity index (χ3v) is 4.36. The molecule has 1 fully saturated rings. The second-order valence-electron chi connectivity index (χ2n) is 5.41. The lowest BCUT2D eigenvalue weighted by molar-refractivity contribution is 0.160. The Balaban J connectivity index is 2.01. The van der Waals surface area contributed by atoms with E-state index in [1.807, 2.05) is 12.1 Å². The molecule has 2 unspecified atom stereocenters. The monoisotopic (exact) mass is 240 g/mol. The molecule has 1 aliphatic heterocycles. The van der Waals surface area contributed by atoms with E-state index in [2.05, 4.69) is 18.2 Å². The number of phenolic OH excluding ortho intramolecular Hbond substituents is 1. The van der Waals surface area contributed by atoms with Crippen molar-refractivity contribution in [3.8, 4) is 11.5 Å². The Morgan fingerprint density at radius 2 is 1.94 bits per heavy atom. The van der Waals surface area contributed by atoms with E-state index in [1.54, 1.807) is 0 Å². The van der Waals surface area contributed by atoms with E-state index >= 15 is 0 Å². The number of benzene rings is 2. The van der Waals surface area contributed by atoms with Crippen LogP contribution in [0.2, 0.25) is 0 Å². The molecule has 1 aliphatic carbocycles. The third-order valence-electron chi connectivity index (χ3n) is 4.36. The van der Waals surface area contributed by atoms with Crippen LogP contribution >= 0.6 is 0 Å². The molecule has 18 heavy (non-hydrogen) atoms. The van der Waals surface area contributed by atoms with Crippen LogP contribution in [0.15, 0.2) is 30.3 Å². The van der Waals surface area contributed by atoms with E-state index in [0.29, 0.717) is 11.7 Å². The van der Waals surface area contributed by atoms with Gasteiger partial charge >= 0.3 is 0 Å². The lowest BCUT2D eigenvalue weighted by Crippen LogP contribution is -2.22. The van der Waals surface area contributed by atoms with Crippen molar-refractivity contribution in [2.24, 2.45) is 0 Å². The quantitative estimate of drug-likeness (QED) is 0.755. The zero-order chi connectivity index (χ0) is 12.1. The van der Waals surface area contributed by atoms with Crippen LogP contribution in [0.5, 0.6) is 11.5 Å². The van der Waals surface area contributed by atoms with Gasteiger partial charge in [-0.2, -0.15) is 0 Å². The Morgan fingerprint density at radius 3 is 2.89 bits per heavy atom. The first-order chi connectivity index (χ1) is 8.84. The van der Waals surface area contributed by atoms with Crippen LogP contribution in [-0.4, -0.2) is 11.2 Å². The molecule has 92 valence electrons. The molecule has 0 saturated heterocycles. The first-order valence-electron chi connectivity index (χ1n) is 6.76. The van der Waals surface area contributed by atoms with Gasteiger partial charge in [-0.15, -0.1) is 0 Å². The maximum absolute atomic E-state index is 10.2. The number of phenols is 1. The Morgan fingerprint density at radius 1 is 1.11 bits per heavy atom. The zero-order valence-electron chi connectivity index (χ0n) is 10.2. The summed E-state index contributed by atoms with van der Waals surface area (Å²) in [5, 5.41) is 12.5. The van der Waals surface area contributed by atoms with Crippen LogP contribution in [0.3, 0.4) is 0 Å². The van der Waals surface area contributed by atoms with Crippen LogP contribution in [0, 0.1) is 0 Å². The fourth-order valence-electron chi connectivity index (χ4n) is 3.55. The molecule has 2 aliphatic rings. The average Bonchev–Trinajstić information content (AvgIpc) is 2.79. The van der Waals surface area contributed by atoms with Crippen molar-refractivity contribution in [1.82, 2.24) is 0 Å². The fraction of sp³-hybridized carbons (Fsp3) is 0.375. The second-order valence-corrected chi connectivity index (χ2v) is 5.41. The summed E-state index contributed by atoms with van der Waals surface area (Å²) in [6, 6.07) is 10.1.